The quantitative estimate of drug-likeness (QED) is 0.227. The van der Waals surface area contributed by atoms with Crippen LogP contribution in [-0.2, 0) is 10.1 Å². The van der Waals surface area contributed by atoms with Gasteiger partial charge in [0.2, 0.25) is 0 Å². The third kappa shape index (κ3) is 4.11. The van der Waals surface area contributed by atoms with Crippen molar-refractivity contribution >= 4 is 48.8 Å². The molecule has 4 aromatic carbocycles. The summed E-state index contributed by atoms with van der Waals surface area (Å²) in [5.74, 6) is 2.17. The van der Waals surface area contributed by atoms with E-state index >= 15 is 0 Å². The molecule has 0 saturated carbocycles. The lowest BCUT2D eigenvalue weighted by Gasteiger charge is -2.55. The van der Waals surface area contributed by atoms with Crippen molar-refractivity contribution in [1.29, 1.82) is 0 Å². The number of ether oxygens (including phenoxy) is 2. The summed E-state index contributed by atoms with van der Waals surface area (Å²) in [7, 11) is -4.28. The van der Waals surface area contributed by atoms with E-state index in [2.05, 4.69) is 25.7 Å². The molecule has 0 bridgehead atoms. The third-order valence-corrected chi connectivity index (χ3v) is 8.29. The van der Waals surface area contributed by atoms with Gasteiger partial charge in [0, 0.05) is 10.9 Å². The van der Waals surface area contributed by atoms with E-state index in [9.17, 15) is 13.0 Å². The van der Waals surface area contributed by atoms with E-state index in [1.54, 1.807) is 0 Å². The van der Waals surface area contributed by atoms with Crippen molar-refractivity contribution in [2.45, 2.75) is 25.4 Å². The average Bonchev–Trinajstić information content (AvgIpc) is 2.91. The van der Waals surface area contributed by atoms with Crippen molar-refractivity contribution in [3.8, 4) is 23.0 Å². The number of hydrogen-bond acceptors (Lipinski definition) is 6. The average molecular weight is 593 g/mol. The molecule has 0 saturated heterocycles. The fourth-order valence-corrected chi connectivity index (χ4v) is 6.37. The molecule has 1 N–H and O–H groups in total. The number of fused-ring (bicyclic) bond motifs is 4. The first kappa shape index (κ1) is 24.8. The highest BCUT2D eigenvalue weighted by Gasteiger charge is 2.49. The van der Waals surface area contributed by atoms with Gasteiger partial charge in [0.15, 0.2) is 23.0 Å². The fourth-order valence-electron chi connectivity index (χ4n) is 5.44. The molecule has 38 heavy (non-hydrogen) atoms. The zero-order valence-corrected chi connectivity index (χ0v) is 22.9. The van der Waals surface area contributed by atoms with E-state index in [1.165, 1.54) is 0 Å². The van der Waals surface area contributed by atoms with Gasteiger partial charge in [0.05, 0.1) is 28.5 Å². The second-order valence-electron chi connectivity index (χ2n) is 9.26. The van der Waals surface area contributed by atoms with Crippen molar-refractivity contribution < 1.29 is 22.4 Å². The molecule has 0 radical (unpaired) electrons. The highest BCUT2D eigenvalue weighted by molar-refractivity contribution is 9.10. The van der Waals surface area contributed by atoms with Gasteiger partial charge in [-0.25, -0.2) is 0 Å². The van der Waals surface area contributed by atoms with Gasteiger partial charge in [-0.3, -0.25) is 4.55 Å². The molecule has 0 spiro atoms. The number of nitrogens with zero attached hydrogens (tertiary/aromatic N) is 2. The number of halogens is 1. The monoisotopic (exact) mass is 592 g/mol. The molecule has 9 heteroatoms. The molecule has 6 rings (SSSR count). The van der Waals surface area contributed by atoms with Crippen LogP contribution in [0.5, 0.6) is 23.0 Å². The van der Waals surface area contributed by atoms with Crippen molar-refractivity contribution in [1.82, 2.24) is 0 Å². The molecule has 1 atom stereocenters. The van der Waals surface area contributed by atoms with Crippen molar-refractivity contribution in [3.63, 3.8) is 0 Å². The molecule has 1 unspecified atom stereocenters. The third-order valence-electron chi connectivity index (χ3n) is 7.08. The summed E-state index contributed by atoms with van der Waals surface area (Å²) < 4.78 is 47.9. The Morgan fingerprint density at radius 3 is 1.66 bits per heavy atom. The molecular weight excluding hydrogens is 568 g/mol. The Labute approximate surface area is 230 Å². The van der Waals surface area contributed by atoms with Gasteiger partial charge in [0.1, 0.15) is 5.66 Å². The molecule has 194 valence electrons. The summed E-state index contributed by atoms with van der Waals surface area (Å²) in [6.07, 6.45) is 0.587. The van der Waals surface area contributed by atoms with Crippen LogP contribution in [-0.4, -0.2) is 24.4 Å². The van der Waals surface area contributed by atoms with Crippen LogP contribution in [0.15, 0.2) is 95.5 Å². The van der Waals surface area contributed by atoms with E-state index < -0.39 is 21.5 Å². The van der Waals surface area contributed by atoms with Gasteiger partial charge < -0.3 is 19.3 Å². The van der Waals surface area contributed by atoms with Crippen LogP contribution in [0.1, 0.15) is 19.8 Å². The molecule has 0 aromatic heterocycles. The first-order valence-corrected chi connectivity index (χ1v) is 14.7. The van der Waals surface area contributed by atoms with E-state index in [0.717, 1.165) is 27.2 Å². The second kappa shape index (κ2) is 9.34. The maximum atomic E-state index is 12.2. The maximum Gasteiger partial charge on any atom is 0.265 e. The molecule has 0 aliphatic carbocycles. The number of anilines is 4. The van der Waals surface area contributed by atoms with Gasteiger partial charge in [-0.15, -0.1) is 0 Å². The van der Waals surface area contributed by atoms with E-state index in [-0.39, 0.29) is 6.42 Å². The molecule has 4 aromatic rings. The maximum absolute atomic E-state index is 12.2. The summed E-state index contributed by atoms with van der Waals surface area (Å²) in [6, 6.07) is 29.0. The predicted molar refractivity (Wildman–Crippen MR) is 152 cm³/mol. The summed E-state index contributed by atoms with van der Waals surface area (Å²) >= 11 is 3.56. The number of rotatable bonds is 6. The number of benzene rings is 4. The van der Waals surface area contributed by atoms with Crippen LogP contribution in [0, 0.1) is 0 Å². The number of hydrogen-bond donors (Lipinski definition) is 1. The van der Waals surface area contributed by atoms with Gasteiger partial charge in [-0.05, 0) is 61.0 Å². The molecule has 0 amide bonds. The van der Waals surface area contributed by atoms with Crippen molar-refractivity contribution in [2.24, 2.45) is 0 Å². The normalized spacial score (nSPS) is 15.2. The van der Waals surface area contributed by atoms with E-state index in [4.69, 9.17) is 9.47 Å². The van der Waals surface area contributed by atoms with Gasteiger partial charge in [0.25, 0.3) is 10.1 Å². The summed E-state index contributed by atoms with van der Waals surface area (Å²) in [5, 5.41) is 0. The van der Waals surface area contributed by atoms with Crippen LogP contribution in [0.4, 0.5) is 22.7 Å². The minimum atomic E-state index is -4.28. The molecule has 2 aliphatic heterocycles. The second-order valence-corrected chi connectivity index (χ2v) is 11.7. The van der Waals surface area contributed by atoms with Crippen molar-refractivity contribution in [3.05, 3.63) is 95.5 Å². The molecular formula is C29H25BrN2O5S. The first-order valence-electron chi connectivity index (χ1n) is 12.3. The topological polar surface area (TPSA) is 79.3 Å². The van der Waals surface area contributed by atoms with Crippen LogP contribution in [0.2, 0.25) is 0 Å². The molecule has 2 aliphatic rings. The van der Waals surface area contributed by atoms with Crippen LogP contribution in [0.3, 0.4) is 0 Å². The Hall–Kier alpha value is -3.53. The van der Waals surface area contributed by atoms with Crippen LogP contribution in [0.25, 0.3) is 0 Å². The van der Waals surface area contributed by atoms with Crippen LogP contribution >= 0.6 is 15.9 Å². The summed E-state index contributed by atoms with van der Waals surface area (Å²) in [4.78, 5) is 4.30. The molecule has 7 nitrogen and oxygen atoms in total. The zero-order valence-electron chi connectivity index (χ0n) is 20.5. The highest BCUT2D eigenvalue weighted by Crippen LogP contribution is 2.58. The lowest BCUT2D eigenvalue weighted by molar-refractivity contribution is 0.358. The largest absolute Gasteiger partial charge is 0.453 e. The Bertz CT molecular complexity index is 1600. The lowest BCUT2D eigenvalue weighted by Crippen LogP contribution is -2.59. The smallest absolute Gasteiger partial charge is 0.265 e. The summed E-state index contributed by atoms with van der Waals surface area (Å²) in [5.41, 5.74) is 2.18. The Balaban J connectivity index is 1.68. The fraction of sp³-hybridized carbons (Fsp3) is 0.172. The Kier molecular flexibility index (Phi) is 6.09. The minimum Gasteiger partial charge on any atom is -0.453 e. The zero-order chi connectivity index (χ0) is 26.5. The predicted octanol–water partition coefficient (Wildman–Crippen LogP) is 8.02. The first-order chi connectivity index (χ1) is 18.3. The Morgan fingerprint density at radius 1 is 0.737 bits per heavy atom. The van der Waals surface area contributed by atoms with Gasteiger partial charge in [-0.2, -0.15) is 8.42 Å². The molecule has 0 fully saturated rings. The minimum absolute atomic E-state index is 0.0921. The lowest BCUT2D eigenvalue weighted by atomic mass is 9.92. The molecule has 2 heterocycles. The standard InChI is InChI=1S/C29H25BrN2O5S/c1-2-29(17-18-38(33,34)35,31-21-9-3-6-12-25(21)36-26-13-7-4-10-22(26)31)32-23-11-5-8-14-27(23)37-28-19-20(30)15-16-24(28)32/h3-16,19H,2,17-18H2,1H3,(H,33,34,35). The van der Waals surface area contributed by atoms with Gasteiger partial charge in [-0.1, -0.05) is 59.3 Å². The van der Waals surface area contributed by atoms with Crippen LogP contribution < -0.4 is 19.3 Å². The SMILES string of the molecule is CCC(CCS(=O)(=O)O)(N1c2ccccc2Oc2ccccc21)N1c2ccccc2Oc2cc(Br)ccc21. The Morgan fingerprint density at radius 2 is 1.18 bits per heavy atom. The van der Waals surface area contributed by atoms with Crippen molar-refractivity contribution in [2.75, 3.05) is 15.6 Å². The van der Waals surface area contributed by atoms with E-state index in [1.807, 2.05) is 97.9 Å². The number of para-hydroxylation sites is 6. The van der Waals surface area contributed by atoms with E-state index in [0.29, 0.717) is 29.4 Å². The summed E-state index contributed by atoms with van der Waals surface area (Å²) in [6.45, 7) is 2.03. The highest BCUT2D eigenvalue weighted by atomic mass is 79.9. The van der Waals surface area contributed by atoms with Gasteiger partial charge >= 0.3 is 0 Å².